The molecule has 0 amide bonds. The van der Waals surface area contributed by atoms with Crippen molar-refractivity contribution >= 4 is 50.8 Å². The minimum atomic E-state index is -1.04. The molecule has 0 aliphatic heterocycles. The predicted octanol–water partition coefficient (Wildman–Crippen LogP) is 4.63. The molecule has 2 aromatic heterocycles. The minimum Gasteiger partial charge on any atom is -0.477 e. The van der Waals surface area contributed by atoms with Crippen molar-refractivity contribution in [1.29, 1.82) is 0 Å². The fourth-order valence-corrected chi connectivity index (χ4v) is 3.47. The number of carbonyl (C=O) groups is 1. The van der Waals surface area contributed by atoms with Gasteiger partial charge in [0, 0.05) is 27.9 Å². The van der Waals surface area contributed by atoms with Crippen LogP contribution < -0.4 is 5.32 Å². The van der Waals surface area contributed by atoms with E-state index in [1.54, 1.807) is 30.6 Å². The number of hydrogen-bond donors (Lipinski definition) is 2. The number of aromatic carboxylic acids is 1. The smallest absolute Gasteiger partial charge is 0.354 e. The van der Waals surface area contributed by atoms with Gasteiger partial charge in [-0.1, -0.05) is 0 Å². The van der Waals surface area contributed by atoms with E-state index in [4.69, 9.17) is 0 Å². The Kier molecular flexibility index (Phi) is 4.10. The van der Waals surface area contributed by atoms with Gasteiger partial charge in [0.05, 0.1) is 16.9 Å². The van der Waals surface area contributed by atoms with E-state index in [1.807, 2.05) is 27.2 Å². The van der Waals surface area contributed by atoms with Crippen molar-refractivity contribution < 1.29 is 14.3 Å². The summed E-state index contributed by atoms with van der Waals surface area (Å²) >= 11 is 2.03. The Morgan fingerprint density at radius 1 is 1.40 bits per heavy atom. The first-order valence-corrected chi connectivity index (χ1v) is 9.04. The number of nitrogens with one attached hydrogen (secondary N) is 1. The van der Waals surface area contributed by atoms with Crippen LogP contribution >= 0.6 is 22.6 Å². The minimum absolute atomic E-state index is 0.146. The second-order valence-electron chi connectivity index (χ2n) is 6.22. The molecular weight excluding hydrogens is 436 g/mol. The number of halogens is 2. The lowest BCUT2D eigenvalue weighted by Crippen LogP contribution is -2.11. The number of rotatable bonds is 5. The Morgan fingerprint density at radius 2 is 2.20 bits per heavy atom. The molecule has 1 fully saturated rings. The number of benzene rings is 1. The lowest BCUT2D eigenvalue weighted by atomic mass is 10.2. The fraction of sp³-hybridized carbons (Fsp3) is 0.222. The number of carboxylic acids is 1. The molecule has 2 N–H and O–H groups in total. The molecule has 25 heavy (non-hydrogen) atoms. The SMILES string of the molecule is O=C(O)c1c(Nc2ccc(I)cc2F)c2cnccc2n1CC1CC1. The zero-order valence-corrected chi connectivity index (χ0v) is 15.3. The first-order chi connectivity index (χ1) is 12.0. The third-order valence-corrected chi connectivity index (χ3v) is 5.07. The third-order valence-electron chi connectivity index (χ3n) is 4.40. The maximum Gasteiger partial charge on any atom is 0.354 e. The van der Waals surface area contributed by atoms with Crippen LogP contribution in [0.1, 0.15) is 23.3 Å². The molecule has 2 heterocycles. The molecule has 7 heteroatoms. The third kappa shape index (κ3) is 3.08. The van der Waals surface area contributed by atoms with E-state index in [0.717, 1.165) is 21.9 Å². The summed E-state index contributed by atoms with van der Waals surface area (Å²) in [5.74, 6) is -0.953. The zero-order chi connectivity index (χ0) is 17.6. The molecule has 1 aliphatic carbocycles. The summed E-state index contributed by atoms with van der Waals surface area (Å²) in [6.07, 6.45) is 5.49. The van der Waals surface area contributed by atoms with E-state index >= 15 is 0 Å². The van der Waals surface area contributed by atoms with Crippen molar-refractivity contribution in [3.63, 3.8) is 0 Å². The zero-order valence-electron chi connectivity index (χ0n) is 13.2. The van der Waals surface area contributed by atoms with Gasteiger partial charge in [-0.25, -0.2) is 9.18 Å². The lowest BCUT2D eigenvalue weighted by molar-refractivity contribution is 0.0686. The van der Waals surface area contributed by atoms with Crippen molar-refractivity contribution in [3.05, 3.63) is 51.7 Å². The molecule has 1 saturated carbocycles. The summed E-state index contributed by atoms with van der Waals surface area (Å²) in [5, 5.41) is 13.5. The van der Waals surface area contributed by atoms with Crippen LogP contribution in [-0.2, 0) is 6.54 Å². The number of anilines is 2. The highest BCUT2D eigenvalue weighted by Crippen LogP contribution is 2.38. The molecule has 1 aliphatic rings. The molecule has 5 nitrogen and oxygen atoms in total. The molecule has 0 unspecified atom stereocenters. The average Bonchev–Trinajstić information content (AvgIpc) is 3.33. The van der Waals surface area contributed by atoms with Crippen LogP contribution in [0.4, 0.5) is 15.8 Å². The molecule has 0 atom stereocenters. The summed E-state index contributed by atoms with van der Waals surface area (Å²) in [4.78, 5) is 16.1. The highest BCUT2D eigenvalue weighted by atomic mass is 127. The Labute approximate surface area is 157 Å². The average molecular weight is 451 g/mol. The van der Waals surface area contributed by atoms with Crippen molar-refractivity contribution in [1.82, 2.24) is 9.55 Å². The highest BCUT2D eigenvalue weighted by Gasteiger charge is 2.28. The predicted molar refractivity (Wildman–Crippen MR) is 102 cm³/mol. The number of hydrogen-bond acceptors (Lipinski definition) is 3. The monoisotopic (exact) mass is 451 g/mol. The maximum absolute atomic E-state index is 14.3. The molecular formula is C18H15FIN3O2. The molecule has 3 aromatic rings. The first-order valence-electron chi connectivity index (χ1n) is 7.96. The summed E-state index contributed by atoms with van der Waals surface area (Å²) in [6.45, 7) is 0.652. The normalized spacial score (nSPS) is 14.0. The summed E-state index contributed by atoms with van der Waals surface area (Å²) < 4.78 is 16.8. The Balaban J connectivity index is 1.89. The van der Waals surface area contributed by atoms with Gasteiger partial charge in [-0.3, -0.25) is 4.98 Å². The number of pyridine rings is 1. The van der Waals surface area contributed by atoms with Crippen LogP contribution in [0.5, 0.6) is 0 Å². The lowest BCUT2D eigenvalue weighted by Gasteiger charge is -2.10. The van der Waals surface area contributed by atoms with Crippen molar-refractivity contribution in [3.8, 4) is 0 Å². The second-order valence-corrected chi connectivity index (χ2v) is 7.47. The second kappa shape index (κ2) is 6.29. The van der Waals surface area contributed by atoms with Crippen molar-refractivity contribution in [2.75, 3.05) is 5.32 Å². The van der Waals surface area contributed by atoms with Crippen LogP contribution in [0.2, 0.25) is 0 Å². The van der Waals surface area contributed by atoms with E-state index in [2.05, 4.69) is 10.3 Å². The van der Waals surface area contributed by atoms with Gasteiger partial charge in [0.1, 0.15) is 5.82 Å². The maximum atomic E-state index is 14.3. The fourth-order valence-electron chi connectivity index (χ4n) is 3.02. The van der Waals surface area contributed by atoms with Gasteiger partial charge >= 0.3 is 5.97 Å². The van der Waals surface area contributed by atoms with Crippen molar-refractivity contribution in [2.24, 2.45) is 5.92 Å². The molecule has 1 aromatic carbocycles. The summed E-state index contributed by atoms with van der Waals surface area (Å²) in [5.41, 5.74) is 1.58. The molecule has 128 valence electrons. The summed E-state index contributed by atoms with van der Waals surface area (Å²) in [7, 11) is 0. The van der Waals surface area contributed by atoms with Crippen LogP contribution in [0.15, 0.2) is 36.7 Å². The van der Waals surface area contributed by atoms with E-state index in [-0.39, 0.29) is 11.4 Å². The van der Waals surface area contributed by atoms with Gasteiger partial charge in [0.15, 0.2) is 5.69 Å². The molecule has 4 rings (SSSR count). The molecule has 0 saturated heterocycles. The molecule has 0 bridgehead atoms. The standard InChI is InChI=1S/C18H15FIN3O2/c19-13-7-11(20)3-4-14(13)22-16-12-8-21-6-5-15(12)23(9-10-1-2-10)17(16)18(24)25/h3-8,10,22H,1-2,9H2,(H,24,25). The van der Waals surface area contributed by atoms with Gasteiger partial charge in [-0.05, 0) is 65.6 Å². The van der Waals surface area contributed by atoms with Crippen LogP contribution in [0.25, 0.3) is 10.9 Å². The van der Waals surface area contributed by atoms with Gasteiger partial charge in [-0.15, -0.1) is 0 Å². The quantitative estimate of drug-likeness (QED) is 0.556. The van der Waals surface area contributed by atoms with Crippen LogP contribution in [-0.4, -0.2) is 20.6 Å². The molecule has 0 radical (unpaired) electrons. The van der Waals surface area contributed by atoms with Crippen LogP contribution in [0, 0.1) is 15.3 Å². The van der Waals surface area contributed by atoms with Gasteiger partial charge in [0.2, 0.25) is 0 Å². The Bertz CT molecular complexity index is 982. The number of fused-ring (bicyclic) bond motifs is 1. The molecule has 0 spiro atoms. The topological polar surface area (TPSA) is 67.2 Å². The number of aromatic nitrogens is 2. The first kappa shape index (κ1) is 16.3. The van der Waals surface area contributed by atoms with E-state index < -0.39 is 11.8 Å². The number of nitrogens with zero attached hydrogens (tertiary/aromatic N) is 2. The van der Waals surface area contributed by atoms with Gasteiger partial charge in [-0.2, -0.15) is 0 Å². The Hall–Kier alpha value is -2.16. The largest absolute Gasteiger partial charge is 0.477 e. The highest BCUT2D eigenvalue weighted by molar-refractivity contribution is 14.1. The van der Waals surface area contributed by atoms with E-state index in [0.29, 0.717) is 23.5 Å². The van der Waals surface area contributed by atoms with Gasteiger partial charge < -0.3 is 15.0 Å². The van der Waals surface area contributed by atoms with E-state index in [9.17, 15) is 14.3 Å². The van der Waals surface area contributed by atoms with E-state index in [1.165, 1.54) is 6.07 Å². The van der Waals surface area contributed by atoms with Crippen molar-refractivity contribution in [2.45, 2.75) is 19.4 Å². The number of carboxylic acid groups (broad SMARTS) is 1. The van der Waals surface area contributed by atoms with Crippen LogP contribution in [0.3, 0.4) is 0 Å². The Morgan fingerprint density at radius 3 is 2.88 bits per heavy atom. The summed E-state index contributed by atoms with van der Waals surface area (Å²) in [6, 6.07) is 6.60. The van der Waals surface area contributed by atoms with Gasteiger partial charge in [0.25, 0.3) is 0 Å².